The van der Waals surface area contributed by atoms with Gasteiger partial charge in [0.15, 0.2) is 0 Å². The number of rotatable bonds is 6. The lowest BCUT2D eigenvalue weighted by molar-refractivity contribution is 0.213. The van der Waals surface area contributed by atoms with Crippen LogP contribution in [0.5, 0.6) is 0 Å². The first kappa shape index (κ1) is 15.0. The SMILES string of the molecule is O=S(=O)(c1ccccc1)N(CCN1CCCC1)C1CNC1. The molecule has 0 atom stereocenters. The average Bonchev–Trinajstić information content (AvgIpc) is 2.95. The molecule has 0 saturated carbocycles. The zero-order valence-corrected chi connectivity index (χ0v) is 13.1. The third kappa shape index (κ3) is 3.29. The summed E-state index contributed by atoms with van der Waals surface area (Å²) in [5.74, 6) is 0. The van der Waals surface area contributed by atoms with Gasteiger partial charge in [0.2, 0.25) is 10.0 Å². The lowest BCUT2D eigenvalue weighted by Crippen LogP contribution is -2.59. The third-order valence-corrected chi connectivity index (χ3v) is 6.32. The van der Waals surface area contributed by atoms with Crippen molar-refractivity contribution < 1.29 is 8.42 Å². The van der Waals surface area contributed by atoms with E-state index in [1.165, 1.54) is 12.8 Å². The van der Waals surface area contributed by atoms with E-state index in [1.54, 1.807) is 28.6 Å². The van der Waals surface area contributed by atoms with Gasteiger partial charge >= 0.3 is 0 Å². The van der Waals surface area contributed by atoms with E-state index in [4.69, 9.17) is 0 Å². The topological polar surface area (TPSA) is 52.7 Å². The third-order valence-electron chi connectivity index (χ3n) is 4.35. The van der Waals surface area contributed by atoms with E-state index < -0.39 is 10.0 Å². The molecule has 0 aromatic heterocycles. The Kier molecular flexibility index (Phi) is 4.59. The van der Waals surface area contributed by atoms with E-state index in [1.807, 2.05) is 6.07 Å². The van der Waals surface area contributed by atoms with Gasteiger partial charge in [0.1, 0.15) is 0 Å². The van der Waals surface area contributed by atoms with Crippen LogP contribution in [0.2, 0.25) is 0 Å². The van der Waals surface area contributed by atoms with Crippen molar-refractivity contribution in [2.45, 2.75) is 23.8 Å². The molecule has 21 heavy (non-hydrogen) atoms. The Bertz CT molecular complexity index is 552. The molecule has 2 saturated heterocycles. The highest BCUT2D eigenvalue weighted by Crippen LogP contribution is 2.20. The predicted octanol–water partition coefficient (Wildman–Crippen LogP) is 0.745. The molecule has 0 unspecified atom stereocenters. The zero-order chi connectivity index (χ0) is 14.7. The number of benzene rings is 1. The highest BCUT2D eigenvalue weighted by molar-refractivity contribution is 7.89. The van der Waals surface area contributed by atoms with Crippen LogP contribution in [0.3, 0.4) is 0 Å². The molecule has 0 bridgehead atoms. The molecule has 0 amide bonds. The predicted molar refractivity (Wildman–Crippen MR) is 82.7 cm³/mol. The summed E-state index contributed by atoms with van der Waals surface area (Å²) >= 11 is 0. The highest BCUT2D eigenvalue weighted by atomic mass is 32.2. The smallest absolute Gasteiger partial charge is 0.243 e. The van der Waals surface area contributed by atoms with Crippen molar-refractivity contribution in [3.8, 4) is 0 Å². The van der Waals surface area contributed by atoms with Gasteiger partial charge in [-0.25, -0.2) is 8.42 Å². The van der Waals surface area contributed by atoms with Crippen LogP contribution in [0.25, 0.3) is 0 Å². The lowest BCUT2D eigenvalue weighted by Gasteiger charge is -2.38. The highest BCUT2D eigenvalue weighted by Gasteiger charge is 2.34. The molecule has 2 aliphatic heterocycles. The van der Waals surface area contributed by atoms with E-state index in [2.05, 4.69) is 10.2 Å². The molecular formula is C15H23N3O2S. The molecule has 0 radical (unpaired) electrons. The summed E-state index contributed by atoms with van der Waals surface area (Å²) in [7, 11) is -3.39. The fourth-order valence-corrected chi connectivity index (χ4v) is 4.59. The van der Waals surface area contributed by atoms with Gasteiger partial charge in [-0.15, -0.1) is 0 Å². The summed E-state index contributed by atoms with van der Waals surface area (Å²) < 4.78 is 27.4. The molecule has 1 N–H and O–H groups in total. The van der Waals surface area contributed by atoms with Crippen LogP contribution in [0.4, 0.5) is 0 Å². The molecule has 0 spiro atoms. The molecule has 2 fully saturated rings. The molecule has 116 valence electrons. The standard InChI is InChI=1S/C15H23N3O2S/c19-21(20,15-6-2-1-3-7-15)18(14-12-16-13-14)11-10-17-8-4-5-9-17/h1-3,6-7,14,16H,4-5,8-13H2. The van der Waals surface area contributed by atoms with Crippen molar-refractivity contribution in [2.24, 2.45) is 0 Å². The maximum Gasteiger partial charge on any atom is 0.243 e. The van der Waals surface area contributed by atoms with Crippen LogP contribution in [-0.4, -0.2) is 62.9 Å². The molecule has 1 aromatic carbocycles. The number of nitrogens with zero attached hydrogens (tertiary/aromatic N) is 2. The van der Waals surface area contributed by atoms with E-state index in [0.717, 1.165) is 32.7 Å². The number of hydrogen-bond acceptors (Lipinski definition) is 4. The van der Waals surface area contributed by atoms with Gasteiger partial charge in [-0.05, 0) is 38.1 Å². The van der Waals surface area contributed by atoms with Crippen molar-refractivity contribution in [1.82, 2.24) is 14.5 Å². The largest absolute Gasteiger partial charge is 0.313 e. The summed E-state index contributed by atoms with van der Waals surface area (Å²) in [5, 5.41) is 3.17. The van der Waals surface area contributed by atoms with Crippen molar-refractivity contribution in [2.75, 3.05) is 39.3 Å². The molecular weight excluding hydrogens is 286 g/mol. The summed E-state index contributed by atoms with van der Waals surface area (Å²) in [4.78, 5) is 2.76. The second kappa shape index (κ2) is 6.44. The first-order valence-corrected chi connectivity index (χ1v) is 9.12. The Hall–Kier alpha value is -0.950. The number of likely N-dealkylation sites (tertiary alicyclic amines) is 1. The summed E-state index contributed by atoms with van der Waals surface area (Å²) in [6.07, 6.45) is 2.47. The number of sulfonamides is 1. The van der Waals surface area contributed by atoms with Crippen LogP contribution < -0.4 is 5.32 Å². The van der Waals surface area contributed by atoms with Gasteiger partial charge in [0, 0.05) is 26.2 Å². The van der Waals surface area contributed by atoms with Gasteiger partial charge in [0.05, 0.1) is 10.9 Å². The number of hydrogen-bond donors (Lipinski definition) is 1. The van der Waals surface area contributed by atoms with E-state index in [-0.39, 0.29) is 6.04 Å². The van der Waals surface area contributed by atoms with Gasteiger partial charge in [-0.3, -0.25) is 0 Å². The van der Waals surface area contributed by atoms with Gasteiger partial charge in [-0.2, -0.15) is 4.31 Å². The van der Waals surface area contributed by atoms with Crippen LogP contribution in [-0.2, 0) is 10.0 Å². The molecule has 2 aliphatic rings. The molecule has 2 heterocycles. The van der Waals surface area contributed by atoms with Crippen LogP contribution in [0.1, 0.15) is 12.8 Å². The normalized spacial score (nSPS) is 20.8. The second-order valence-electron chi connectivity index (χ2n) is 5.79. The first-order chi connectivity index (χ1) is 10.2. The Labute approximate surface area is 127 Å². The molecule has 6 heteroatoms. The molecule has 1 aromatic rings. The first-order valence-electron chi connectivity index (χ1n) is 7.68. The van der Waals surface area contributed by atoms with Crippen molar-refractivity contribution in [3.63, 3.8) is 0 Å². The van der Waals surface area contributed by atoms with Crippen LogP contribution in [0, 0.1) is 0 Å². The van der Waals surface area contributed by atoms with Gasteiger partial charge in [-0.1, -0.05) is 18.2 Å². The summed E-state index contributed by atoms with van der Waals surface area (Å²) in [5.41, 5.74) is 0. The maximum absolute atomic E-state index is 12.9. The second-order valence-corrected chi connectivity index (χ2v) is 7.68. The minimum Gasteiger partial charge on any atom is -0.313 e. The van der Waals surface area contributed by atoms with Crippen molar-refractivity contribution >= 4 is 10.0 Å². The lowest BCUT2D eigenvalue weighted by atomic mass is 10.2. The van der Waals surface area contributed by atoms with E-state index >= 15 is 0 Å². The van der Waals surface area contributed by atoms with Crippen molar-refractivity contribution in [3.05, 3.63) is 30.3 Å². The Morgan fingerprint density at radius 2 is 1.81 bits per heavy atom. The maximum atomic E-state index is 12.9. The quantitative estimate of drug-likeness (QED) is 0.842. The fourth-order valence-electron chi connectivity index (χ4n) is 2.95. The van der Waals surface area contributed by atoms with Crippen molar-refractivity contribution in [1.29, 1.82) is 0 Å². The zero-order valence-electron chi connectivity index (χ0n) is 12.2. The summed E-state index contributed by atoms with van der Waals surface area (Å²) in [6.45, 7) is 5.13. The Morgan fingerprint density at radius 3 is 2.38 bits per heavy atom. The number of nitrogens with one attached hydrogen (secondary N) is 1. The minimum atomic E-state index is -3.39. The van der Waals surface area contributed by atoms with E-state index in [9.17, 15) is 8.42 Å². The monoisotopic (exact) mass is 309 g/mol. The van der Waals surface area contributed by atoms with Gasteiger partial charge < -0.3 is 10.2 Å². The molecule has 0 aliphatic carbocycles. The minimum absolute atomic E-state index is 0.0952. The van der Waals surface area contributed by atoms with E-state index in [0.29, 0.717) is 11.4 Å². The Morgan fingerprint density at radius 1 is 1.14 bits per heavy atom. The van der Waals surface area contributed by atoms with Crippen LogP contribution >= 0.6 is 0 Å². The average molecular weight is 309 g/mol. The fraction of sp³-hybridized carbons (Fsp3) is 0.600. The van der Waals surface area contributed by atoms with Crippen LogP contribution in [0.15, 0.2) is 35.2 Å². The molecule has 3 rings (SSSR count). The van der Waals surface area contributed by atoms with Gasteiger partial charge in [0.25, 0.3) is 0 Å². The summed E-state index contributed by atoms with van der Waals surface area (Å²) in [6, 6.07) is 8.88. The molecule has 5 nitrogen and oxygen atoms in total. The Balaban J connectivity index is 1.74.